The average molecular weight is 475 g/mol. The molecule has 0 N–H and O–H groups in total. The van der Waals surface area contributed by atoms with Crippen LogP contribution in [0.4, 0.5) is 13.2 Å². The van der Waals surface area contributed by atoms with Gasteiger partial charge in [0.05, 0.1) is 13.5 Å². The Bertz CT molecular complexity index is 882. The highest BCUT2D eigenvalue weighted by atomic mass is 79.9. The molecule has 0 aromatic heterocycles. The number of rotatable bonds is 6. The number of alkyl halides is 3. The number of ether oxygens (including phenoxy) is 1. The minimum Gasteiger partial charge on any atom is -0.496 e. The molecule has 2 aromatic carbocycles. The molecular formula is C21H20BrClF3NO. The summed E-state index contributed by atoms with van der Waals surface area (Å²) in [6.07, 6.45) is -3.41. The van der Waals surface area contributed by atoms with Crippen molar-refractivity contribution < 1.29 is 17.9 Å². The molecule has 0 aliphatic carbocycles. The molecule has 150 valence electrons. The number of benzene rings is 2. The number of hydrogen-bond donors (Lipinski definition) is 0. The zero-order valence-corrected chi connectivity index (χ0v) is 17.7. The summed E-state index contributed by atoms with van der Waals surface area (Å²) in [4.78, 5) is 4.40. The Balaban J connectivity index is 1.88. The fourth-order valence-electron chi connectivity index (χ4n) is 3.64. The Hall–Kier alpha value is -1.53. The van der Waals surface area contributed by atoms with E-state index in [4.69, 9.17) is 16.3 Å². The molecule has 3 rings (SSSR count). The van der Waals surface area contributed by atoms with E-state index in [1.165, 1.54) is 0 Å². The van der Waals surface area contributed by atoms with Crippen molar-refractivity contribution in [1.29, 1.82) is 0 Å². The van der Waals surface area contributed by atoms with Crippen LogP contribution in [0.2, 0.25) is 5.02 Å². The van der Waals surface area contributed by atoms with Gasteiger partial charge in [0.2, 0.25) is 0 Å². The quantitative estimate of drug-likeness (QED) is 0.459. The second-order valence-electron chi connectivity index (χ2n) is 6.79. The van der Waals surface area contributed by atoms with E-state index in [0.717, 1.165) is 26.9 Å². The zero-order valence-electron chi connectivity index (χ0n) is 15.3. The first-order chi connectivity index (χ1) is 13.3. The third-order valence-corrected chi connectivity index (χ3v) is 5.75. The molecule has 0 amide bonds. The van der Waals surface area contributed by atoms with Gasteiger partial charge in [-0.1, -0.05) is 39.7 Å². The van der Waals surface area contributed by atoms with Crippen LogP contribution in [0.5, 0.6) is 5.75 Å². The molecule has 1 atom stereocenters. The van der Waals surface area contributed by atoms with Crippen LogP contribution in [0.25, 0.3) is 0 Å². The van der Waals surface area contributed by atoms with Gasteiger partial charge in [-0.05, 0) is 54.7 Å². The van der Waals surface area contributed by atoms with Crippen molar-refractivity contribution in [2.75, 3.05) is 13.7 Å². The van der Waals surface area contributed by atoms with Gasteiger partial charge in [0, 0.05) is 33.2 Å². The summed E-state index contributed by atoms with van der Waals surface area (Å²) in [5.41, 5.74) is 3.09. The Morgan fingerprint density at radius 3 is 2.71 bits per heavy atom. The van der Waals surface area contributed by atoms with E-state index in [-0.39, 0.29) is 0 Å². The third-order valence-electron chi connectivity index (χ3n) is 4.91. The van der Waals surface area contributed by atoms with E-state index in [1.807, 2.05) is 24.3 Å². The maximum absolute atomic E-state index is 13.0. The van der Waals surface area contributed by atoms with Gasteiger partial charge in [0.15, 0.2) is 0 Å². The normalized spacial score (nSPS) is 16.9. The number of aryl methyl sites for hydroxylation is 1. The standard InChI is InChI=1S/C21H20BrClF3NO/c1-28-19-8-6-15(22)11-13(19)5-7-16-17(3-2-4-18(16)23)20-14(9-10-27-20)12-21(24,25)26/h2-4,6,8,11,14H,5,7,9-10,12H2,1H3. The van der Waals surface area contributed by atoms with Crippen molar-refractivity contribution in [2.45, 2.75) is 31.9 Å². The van der Waals surface area contributed by atoms with Crippen LogP contribution in [0.1, 0.15) is 29.5 Å². The van der Waals surface area contributed by atoms with Gasteiger partial charge in [-0.25, -0.2) is 0 Å². The van der Waals surface area contributed by atoms with Crippen molar-refractivity contribution in [1.82, 2.24) is 0 Å². The lowest BCUT2D eigenvalue weighted by molar-refractivity contribution is -0.139. The summed E-state index contributed by atoms with van der Waals surface area (Å²) in [5.74, 6) is 0.155. The van der Waals surface area contributed by atoms with Crippen LogP contribution < -0.4 is 4.74 Å². The molecule has 0 saturated heterocycles. The summed E-state index contributed by atoms with van der Waals surface area (Å²) in [7, 11) is 1.61. The van der Waals surface area contributed by atoms with Crippen LogP contribution in [0.15, 0.2) is 45.9 Å². The number of halogens is 5. The first kappa shape index (κ1) is 21.2. The molecule has 28 heavy (non-hydrogen) atoms. The van der Waals surface area contributed by atoms with Crippen LogP contribution in [0, 0.1) is 5.92 Å². The maximum Gasteiger partial charge on any atom is 0.389 e. The first-order valence-corrected chi connectivity index (χ1v) is 10.2. The summed E-state index contributed by atoms with van der Waals surface area (Å²) in [6.45, 7) is 0.418. The smallest absolute Gasteiger partial charge is 0.389 e. The number of aliphatic imine (C=N–C) groups is 1. The van der Waals surface area contributed by atoms with E-state index in [1.54, 1.807) is 19.2 Å². The van der Waals surface area contributed by atoms with Crippen molar-refractivity contribution in [3.8, 4) is 5.75 Å². The fourth-order valence-corrected chi connectivity index (χ4v) is 4.32. The SMILES string of the molecule is COc1ccc(Br)cc1CCc1c(Cl)cccc1C1=NCCC1CC(F)(F)F. The van der Waals surface area contributed by atoms with Gasteiger partial charge in [0.25, 0.3) is 0 Å². The molecule has 2 aromatic rings. The zero-order chi connectivity index (χ0) is 20.3. The molecule has 1 aliphatic rings. The first-order valence-electron chi connectivity index (χ1n) is 9.00. The third kappa shape index (κ3) is 5.09. The summed E-state index contributed by atoms with van der Waals surface area (Å²) < 4.78 is 45.3. The summed E-state index contributed by atoms with van der Waals surface area (Å²) in [6, 6.07) is 11.1. The van der Waals surface area contributed by atoms with Crippen molar-refractivity contribution in [3.63, 3.8) is 0 Å². The molecule has 0 spiro atoms. The molecule has 2 nitrogen and oxygen atoms in total. The summed E-state index contributed by atoms with van der Waals surface area (Å²) in [5, 5.41) is 0.548. The van der Waals surface area contributed by atoms with Gasteiger partial charge in [0.1, 0.15) is 5.75 Å². The monoisotopic (exact) mass is 473 g/mol. The van der Waals surface area contributed by atoms with Gasteiger partial charge in [-0.3, -0.25) is 4.99 Å². The van der Waals surface area contributed by atoms with Gasteiger partial charge in [-0.15, -0.1) is 0 Å². The van der Waals surface area contributed by atoms with Crippen molar-refractivity contribution in [3.05, 3.63) is 62.6 Å². The van der Waals surface area contributed by atoms with Crippen LogP contribution in [-0.4, -0.2) is 25.5 Å². The fraction of sp³-hybridized carbons (Fsp3) is 0.381. The lowest BCUT2D eigenvalue weighted by atomic mass is 9.88. The minimum atomic E-state index is -4.21. The van der Waals surface area contributed by atoms with Gasteiger partial charge >= 0.3 is 6.18 Å². The van der Waals surface area contributed by atoms with Gasteiger partial charge < -0.3 is 4.74 Å². The highest BCUT2D eigenvalue weighted by Crippen LogP contribution is 2.35. The lowest BCUT2D eigenvalue weighted by Gasteiger charge is -2.19. The predicted octanol–water partition coefficient (Wildman–Crippen LogP) is 6.66. The van der Waals surface area contributed by atoms with E-state index < -0.39 is 18.5 Å². The molecule has 0 fully saturated rings. The molecule has 1 heterocycles. The molecule has 0 saturated carbocycles. The summed E-state index contributed by atoms with van der Waals surface area (Å²) >= 11 is 9.91. The molecule has 1 unspecified atom stereocenters. The van der Waals surface area contributed by atoms with Crippen molar-refractivity contribution in [2.24, 2.45) is 10.9 Å². The number of nitrogens with zero attached hydrogens (tertiary/aromatic N) is 1. The van der Waals surface area contributed by atoms with E-state index >= 15 is 0 Å². The Morgan fingerprint density at radius 1 is 1.21 bits per heavy atom. The highest BCUT2D eigenvalue weighted by molar-refractivity contribution is 9.10. The average Bonchev–Trinajstić information content (AvgIpc) is 3.06. The molecule has 0 radical (unpaired) electrons. The van der Waals surface area contributed by atoms with Crippen LogP contribution in [0.3, 0.4) is 0 Å². The Labute approximate surface area is 175 Å². The molecule has 7 heteroatoms. The van der Waals surface area contributed by atoms with E-state index in [2.05, 4.69) is 20.9 Å². The van der Waals surface area contributed by atoms with E-state index in [0.29, 0.717) is 36.5 Å². The largest absolute Gasteiger partial charge is 0.496 e. The predicted molar refractivity (Wildman–Crippen MR) is 110 cm³/mol. The molecular weight excluding hydrogens is 455 g/mol. The molecule has 0 bridgehead atoms. The topological polar surface area (TPSA) is 21.6 Å². The van der Waals surface area contributed by atoms with Crippen molar-refractivity contribution >= 4 is 33.2 Å². The van der Waals surface area contributed by atoms with Gasteiger partial charge in [-0.2, -0.15) is 13.2 Å². The number of hydrogen-bond acceptors (Lipinski definition) is 2. The maximum atomic E-state index is 13.0. The Morgan fingerprint density at radius 2 is 2.00 bits per heavy atom. The Kier molecular flexibility index (Phi) is 6.71. The second kappa shape index (κ2) is 8.87. The highest BCUT2D eigenvalue weighted by Gasteiger charge is 2.36. The van der Waals surface area contributed by atoms with E-state index in [9.17, 15) is 13.2 Å². The lowest BCUT2D eigenvalue weighted by Crippen LogP contribution is -2.21. The second-order valence-corrected chi connectivity index (χ2v) is 8.12. The van der Waals surface area contributed by atoms with Crippen LogP contribution in [-0.2, 0) is 12.8 Å². The minimum absolute atomic E-state index is 0.417. The molecule has 1 aliphatic heterocycles. The number of methoxy groups -OCH3 is 1. The van der Waals surface area contributed by atoms with Crippen LogP contribution >= 0.6 is 27.5 Å².